The minimum absolute atomic E-state index is 0.804. The van der Waals surface area contributed by atoms with Gasteiger partial charge >= 0.3 is 0 Å². The van der Waals surface area contributed by atoms with Crippen LogP contribution in [0.1, 0.15) is 13.3 Å². The van der Waals surface area contributed by atoms with Crippen molar-refractivity contribution in [3.63, 3.8) is 0 Å². The Kier molecular flexibility index (Phi) is 3.66. The molecule has 0 aliphatic heterocycles. The molecule has 2 heteroatoms. The molecule has 2 aromatic carbocycles. The molecule has 0 fully saturated rings. The van der Waals surface area contributed by atoms with Crippen LogP contribution in [-0.4, -0.2) is 6.54 Å². The fourth-order valence-electron chi connectivity index (χ4n) is 1.89. The Morgan fingerprint density at radius 3 is 2.06 bits per heavy atom. The zero-order chi connectivity index (χ0) is 12.1. The third-order valence-electron chi connectivity index (χ3n) is 2.72. The molecule has 17 heavy (non-hydrogen) atoms. The van der Waals surface area contributed by atoms with Crippen molar-refractivity contribution in [3.8, 4) is 0 Å². The van der Waals surface area contributed by atoms with E-state index in [4.69, 9.17) is 5.73 Å². The van der Waals surface area contributed by atoms with Crippen LogP contribution in [0.4, 0.5) is 17.1 Å². The lowest BCUT2D eigenvalue weighted by Crippen LogP contribution is -2.17. The van der Waals surface area contributed by atoms with Crippen molar-refractivity contribution in [2.45, 2.75) is 13.3 Å². The van der Waals surface area contributed by atoms with Gasteiger partial charge in [-0.2, -0.15) is 0 Å². The van der Waals surface area contributed by atoms with Gasteiger partial charge < -0.3 is 10.6 Å². The standard InChI is InChI=1S/C15H18N2/c1-2-12-17(14-6-4-3-5-7-14)15-10-8-13(16)9-11-15/h3-11H,2,12,16H2,1H3. The Balaban J connectivity index is 2.32. The Bertz CT molecular complexity index is 448. The number of anilines is 3. The van der Waals surface area contributed by atoms with Crippen LogP contribution in [0.25, 0.3) is 0 Å². The summed E-state index contributed by atoms with van der Waals surface area (Å²) in [5, 5.41) is 0. The van der Waals surface area contributed by atoms with Gasteiger partial charge in [0.25, 0.3) is 0 Å². The molecule has 0 aliphatic rings. The van der Waals surface area contributed by atoms with Crippen molar-refractivity contribution >= 4 is 17.1 Å². The fourth-order valence-corrected chi connectivity index (χ4v) is 1.89. The summed E-state index contributed by atoms with van der Waals surface area (Å²) in [6, 6.07) is 18.5. The summed E-state index contributed by atoms with van der Waals surface area (Å²) in [4.78, 5) is 2.30. The summed E-state index contributed by atoms with van der Waals surface area (Å²) in [6.45, 7) is 3.20. The van der Waals surface area contributed by atoms with Crippen LogP contribution >= 0.6 is 0 Å². The van der Waals surface area contributed by atoms with Crippen LogP contribution in [0.15, 0.2) is 54.6 Å². The van der Waals surface area contributed by atoms with Gasteiger partial charge in [-0.3, -0.25) is 0 Å². The molecule has 0 saturated carbocycles. The van der Waals surface area contributed by atoms with Crippen molar-refractivity contribution in [1.29, 1.82) is 0 Å². The highest BCUT2D eigenvalue weighted by atomic mass is 15.1. The minimum Gasteiger partial charge on any atom is -0.399 e. The van der Waals surface area contributed by atoms with Crippen LogP contribution in [-0.2, 0) is 0 Å². The maximum atomic E-state index is 5.72. The van der Waals surface area contributed by atoms with E-state index in [9.17, 15) is 0 Å². The van der Waals surface area contributed by atoms with E-state index in [1.54, 1.807) is 0 Å². The predicted molar refractivity (Wildman–Crippen MR) is 74.6 cm³/mol. The maximum absolute atomic E-state index is 5.72. The lowest BCUT2D eigenvalue weighted by molar-refractivity contribution is 0.886. The van der Waals surface area contributed by atoms with Crippen LogP contribution < -0.4 is 10.6 Å². The molecule has 0 atom stereocenters. The quantitative estimate of drug-likeness (QED) is 0.803. The lowest BCUT2D eigenvalue weighted by atomic mass is 10.2. The van der Waals surface area contributed by atoms with Crippen molar-refractivity contribution in [2.24, 2.45) is 0 Å². The second kappa shape index (κ2) is 5.39. The van der Waals surface area contributed by atoms with E-state index in [-0.39, 0.29) is 0 Å². The summed E-state index contributed by atoms with van der Waals surface area (Å²) in [5.74, 6) is 0. The average Bonchev–Trinajstić information content (AvgIpc) is 2.38. The van der Waals surface area contributed by atoms with Crippen molar-refractivity contribution in [1.82, 2.24) is 0 Å². The first-order valence-electron chi connectivity index (χ1n) is 5.99. The number of benzene rings is 2. The van der Waals surface area contributed by atoms with E-state index in [1.165, 1.54) is 11.4 Å². The van der Waals surface area contributed by atoms with Crippen LogP contribution in [0.5, 0.6) is 0 Å². The molecule has 0 saturated heterocycles. The second-order valence-electron chi connectivity index (χ2n) is 4.08. The molecule has 0 aromatic heterocycles. The molecule has 88 valence electrons. The molecule has 0 heterocycles. The molecule has 0 aliphatic carbocycles. The molecular formula is C15H18N2. The van der Waals surface area contributed by atoms with Gasteiger partial charge in [0.2, 0.25) is 0 Å². The number of hydrogen-bond donors (Lipinski definition) is 1. The van der Waals surface area contributed by atoms with Crippen LogP contribution in [0.2, 0.25) is 0 Å². The molecule has 0 bridgehead atoms. The Morgan fingerprint density at radius 1 is 0.882 bits per heavy atom. The lowest BCUT2D eigenvalue weighted by Gasteiger charge is -2.24. The van der Waals surface area contributed by atoms with Gasteiger partial charge in [0, 0.05) is 23.6 Å². The molecule has 2 aromatic rings. The first-order chi connectivity index (χ1) is 8.31. The molecular weight excluding hydrogens is 208 g/mol. The first-order valence-corrected chi connectivity index (χ1v) is 5.99. The summed E-state index contributed by atoms with van der Waals surface area (Å²) in [7, 11) is 0. The van der Waals surface area contributed by atoms with Gasteiger partial charge in [0.05, 0.1) is 0 Å². The number of hydrogen-bond acceptors (Lipinski definition) is 2. The van der Waals surface area contributed by atoms with E-state index in [0.29, 0.717) is 0 Å². The van der Waals surface area contributed by atoms with Gasteiger partial charge in [-0.1, -0.05) is 25.1 Å². The topological polar surface area (TPSA) is 29.3 Å². The smallest absolute Gasteiger partial charge is 0.0412 e. The van der Waals surface area contributed by atoms with Crippen molar-refractivity contribution in [3.05, 3.63) is 54.6 Å². The summed E-state index contributed by atoms with van der Waals surface area (Å²) in [6.07, 6.45) is 1.11. The third-order valence-corrected chi connectivity index (χ3v) is 2.72. The molecule has 0 radical (unpaired) electrons. The number of nitrogen functional groups attached to an aromatic ring is 1. The molecule has 2 rings (SSSR count). The molecule has 0 unspecified atom stereocenters. The second-order valence-corrected chi connectivity index (χ2v) is 4.08. The zero-order valence-electron chi connectivity index (χ0n) is 10.1. The van der Waals surface area contributed by atoms with Gasteiger partial charge in [-0.05, 0) is 42.8 Å². The minimum atomic E-state index is 0.804. The maximum Gasteiger partial charge on any atom is 0.0412 e. The summed E-state index contributed by atoms with van der Waals surface area (Å²) >= 11 is 0. The van der Waals surface area contributed by atoms with E-state index < -0.39 is 0 Å². The van der Waals surface area contributed by atoms with Crippen molar-refractivity contribution < 1.29 is 0 Å². The monoisotopic (exact) mass is 226 g/mol. The normalized spacial score (nSPS) is 10.2. The highest BCUT2D eigenvalue weighted by Gasteiger charge is 2.06. The predicted octanol–water partition coefficient (Wildman–Crippen LogP) is 3.82. The third kappa shape index (κ3) is 2.78. The number of rotatable bonds is 4. The largest absolute Gasteiger partial charge is 0.399 e. The molecule has 2 nitrogen and oxygen atoms in total. The summed E-state index contributed by atoms with van der Waals surface area (Å²) in [5.41, 5.74) is 8.93. The molecule has 2 N–H and O–H groups in total. The zero-order valence-corrected chi connectivity index (χ0v) is 10.1. The van der Waals surface area contributed by atoms with Crippen LogP contribution in [0, 0.1) is 0 Å². The number of nitrogens with zero attached hydrogens (tertiary/aromatic N) is 1. The first kappa shape index (κ1) is 11.5. The van der Waals surface area contributed by atoms with Crippen molar-refractivity contribution in [2.75, 3.05) is 17.2 Å². The van der Waals surface area contributed by atoms with Gasteiger partial charge in [0.1, 0.15) is 0 Å². The Morgan fingerprint density at radius 2 is 1.47 bits per heavy atom. The molecule has 0 spiro atoms. The average molecular weight is 226 g/mol. The van der Waals surface area contributed by atoms with Gasteiger partial charge in [-0.25, -0.2) is 0 Å². The van der Waals surface area contributed by atoms with E-state index in [1.807, 2.05) is 18.2 Å². The number of para-hydroxylation sites is 1. The summed E-state index contributed by atoms with van der Waals surface area (Å²) < 4.78 is 0. The number of nitrogens with two attached hydrogens (primary N) is 1. The van der Waals surface area contributed by atoms with Gasteiger partial charge in [0.15, 0.2) is 0 Å². The van der Waals surface area contributed by atoms with E-state index in [0.717, 1.165) is 18.7 Å². The molecule has 0 amide bonds. The van der Waals surface area contributed by atoms with Gasteiger partial charge in [-0.15, -0.1) is 0 Å². The highest BCUT2D eigenvalue weighted by Crippen LogP contribution is 2.25. The highest BCUT2D eigenvalue weighted by molar-refractivity contribution is 5.64. The van der Waals surface area contributed by atoms with E-state index >= 15 is 0 Å². The van der Waals surface area contributed by atoms with E-state index in [2.05, 4.69) is 48.2 Å². The Labute approximate surface area is 103 Å². The Hall–Kier alpha value is -1.96. The fraction of sp³-hybridized carbons (Fsp3) is 0.200. The SMILES string of the molecule is CCCN(c1ccccc1)c1ccc(N)cc1. The van der Waals surface area contributed by atoms with Crippen LogP contribution in [0.3, 0.4) is 0 Å².